The van der Waals surface area contributed by atoms with Crippen LogP contribution in [0.15, 0.2) is 22.1 Å². The second-order valence-electron chi connectivity index (χ2n) is 18.9. The molecule has 17 heteroatoms. The Kier molecular flexibility index (Phi) is 11.6. The number of guanidine groups is 1. The van der Waals surface area contributed by atoms with Crippen molar-refractivity contribution in [3.8, 4) is 11.5 Å². The summed E-state index contributed by atoms with van der Waals surface area (Å²) in [6.45, 7) is 21.2. The van der Waals surface area contributed by atoms with Crippen molar-refractivity contribution in [3.05, 3.63) is 23.3 Å². The van der Waals surface area contributed by atoms with E-state index in [4.69, 9.17) is 38.2 Å². The number of likely N-dealkylation sites (N-methyl/N-ethyl adjacent to an activating group) is 1. The van der Waals surface area contributed by atoms with Crippen molar-refractivity contribution in [2.24, 2.45) is 9.98 Å². The average molecular weight is 801 g/mol. The van der Waals surface area contributed by atoms with Crippen LogP contribution >= 0.6 is 0 Å². The molecule has 5 atom stereocenters. The van der Waals surface area contributed by atoms with Gasteiger partial charge in [-0.05, 0) is 134 Å². The molecule has 1 spiro atoms. The second kappa shape index (κ2) is 15.3. The van der Waals surface area contributed by atoms with Gasteiger partial charge in [-0.3, -0.25) is 10.6 Å². The van der Waals surface area contributed by atoms with Gasteiger partial charge in [0.1, 0.15) is 28.5 Å². The minimum atomic E-state index is -0.996. The molecule has 1 unspecified atom stereocenters. The second-order valence-corrected chi connectivity index (χ2v) is 18.9. The number of aliphatic imine (C=N–C) groups is 2. The third kappa shape index (κ3) is 9.57. The highest BCUT2D eigenvalue weighted by Gasteiger charge is 2.73. The van der Waals surface area contributed by atoms with E-state index in [1.807, 2.05) is 6.07 Å². The largest absolute Gasteiger partial charge is 0.483 e. The Labute approximate surface area is 334 Å². The molecule has 316 valence electrons. The van der Waals surface area contributed by atoms with E-state index in [9.17, 15) is 19.2 Å². The summed E-state index contributed by atoms with van der Waals surface area (Å²) >= 11 is 0. The van der Waals surface area contributed by atoms with Crippen molar-refractivity contribution >= 4 is 36.4 Å². The van der Waals surface area contributed by atoms with Gasteiger partial charge >= 0.3 is 30.4 Å². The van der Waals surface area contributed by atoms with Gasteiger partial charge in [0.15, 0.2) is 11.5 Å². The first-order chi connectivity index (χ1) is 26.1. The Morgan fingerprint density at radius 3 is 1.86 bits per heavy atom. The Hall–Kier alpha value is -4.64. The number of carbonyl (C=O) groups is 4. The maximum absolute atomic E-state index is 13.1. The number of benzene rings is 1. The molecule has 2 aliphatic carbocycles. The molecule has 1 saturated carbocycles. The van der Waals surface area contributed by atoms with E-state index in [0.29, 0.717) is 38.0 Å². The van der Waals surface area contributed by atoms with Gasteiger partial charge in [-0.15, -0.1) is 4.99 Å². The number of nitrogens with zero attached hydrogens (tertiary/aromatic N) is 3. The number of ether oxygens (including phenoxy) is 7. The topological polar surface area (TPSA) is 197 Å². The van der Waals surface area contributed by atoms with Crippen molar-refractivity contribution in [2.45, 2.75) is 160 Å². The highest BCUT2D eigenvalue weighted by molar-refractivity contribution is 6.01. The lowest BCUT2D eigenvalue weighted by Crippen LogP contribution is -2.77. The Morgan fingerprint density at radius 1 is 0.789 bits per heavy atom. The molecular weight excluding hydrogens is 740 g/mol. The van der Waals surface area contributed by atoms with Crippen LogP contribution in [0.5, 0.6) is 11.5 Å². The SMILES string of the molecule is CO[C@@]12CC[C@H](N=C(NC(=O)OC(C)(C)C)NC(=O)OC(C)(C)C)[C@@H]3Oc4c(O/C(=N\C(=O)OC(C)(C)C)NC(=O)OC(C)(C)C)ccc5c4[C@@]31CCN(C)C2C5. The maximum atomic E-state index is 13.1. The number of nitrogens with one attached hydrogen (secondary N) is 3. The van der Waals surface area contributed by atoms with E-state index in [1.165, 1.54) is 0 Å². The van der Waals surface area contributed by atoms with Gasteiger partial charge in [0, 0.05) is 18.7 Å². The van der Waals surface area contributed by atoms with E-state index in [-0.39, 0.29) is 17.8 Å². The third-order valence-corrected chi connectivity index (χ3v) is 9.94. The standard InChI is InChI=1S/C40H60N6O11/c1-35(2,3)54-31(47)42-29(43-32(48)55-36(4,5)6)41-23-17-18-40(51-14)25-21-22-15-16-24(27-26(22)39(40,28(23)53-27)19-20-46(25)13)52-30(44-33(49)56-37(7,8)9)45-34(50)57-38(10,11)12/h15-16,23,25,28H,17-21H2,1-14H3,(H,44,45,49,50)(H2,41,42,43,47,48)/t23-,25?,28-,39-,40+/m0/s1. The van der Waals surface area contributed by atoms with Crippen molar-refractivity contribution in [1.82, 2.24) is 20.9 Å². The fraction of sp³-hybridized carbons (Fsp3) is 0.700. The van der Waals surface area contributed by atoms with Gasteiger partial charge in [0.05, 0.1) is 17.1 Å². The lowest BCUT2D eigenvalue weighted by atomic mass is 9.48. The quantitative estimate of drug-likeness (QED) is 0.181. The smallest absolute Gasteiger partial charge is 0.438 e. The van der Waals surface area contributed by atoms with E-state index < -0.39 is 76.0 Å². The van der Waals surface area contributed by atoms with Gasteiger partial charge in [0.25, 0.3) is 0 Å². The zero-order valence-corrected chi connectivity index (χ0v) is 35.8. The Morgan fingerprint density at radius 2 is 1.33 bits per heavy atom. The van der Waals surface area contributed by atoms with Gasteiger partial charge in [-0.1, -0.05) is 6.07 Å². The highest BCUT2D eigenvalue weighted by Crippen LogP contribution is 2.66. The van der Waals surface area contributed by atoms with Gasteiger partial charge in [-0.2, -0.15) is 0 Å². The molecule has 0 radical (unpaired) electrons. The number of piperidine rings is 1. The molecule has 1 aromatic carbocycles. The molecule has 2 heterocycles. The number of likely N-dealkylation sites (tertiary alicyclic amines) is 1. The number of hydrogen-bond donors (Lipinski definition) is 3. The third-order valence-electron chi connectivity index (χ3n) is 9.94. The first-order valence-electron chi connectivity index (χ1n) is 19.3. The van der Waals surface area contributed by atoms with Crippen LogP contribution in [-0.4, -0.2) is 108 Å². The van der Waals surface area contributed by atoms with Crippen LogP contribution in [0.4, 0.5) is 19.2 Å². The zero-order chi connectivity index (χ0) is 42.5. The van der Waals surface area contributed by atoms with Crippen LogP contribution in [0.2, 0.25) is 0 Å². The van der Waals surface area contributed by atoms with E-state index >= 15 is 0 Å². The summed E-state index contributed by atoms with van der Waals surface area (Å²) in [5, 5.41) is 7.67. The molecule has 17 nitrogen and oxygen atoms in total. The molecule has 4 amide bonds. The molecule has 3 N–H and O–H groups in total. The molecule has 2 aliphatic heterocycles. The monoisotopic (exact) mass is 800 g/mol. The lowest BCUT2D eigenvalue weighted by Gasteiger charge is -2.64. The van der Waals surface area contributed by atoms with E-state index in [1.54, 1.807) is 96.3 Å². The first kappa shape index (κ1) is 43.5. The van der Waals surface area contributed by atoms with Crippen LogP contribution in [0.25, 0.3) is 0 Å². The molecule has 0 aromatic heterocycles. The normalized spacial score (nSPS) is 25.5. The average Bonchev–Trinajstić information content (AvgIpc) is 3.36. The predicted octanol–water partition coefficient (Wildman–Crippen LogP) is 6.09. The molecular formula is C40H60N6O11. The summed E-state index contributed by atoms with van der Waals surface area (Å²) in [6.07, 6.45) is -1.96. The summed E-state index contributed by atoms with van der Waals surface area (Å²) in [6, 6.07) is 2.50. The van der Waals surface area contributed by atoms with Crippen molar-refractivity contribution < 1.29 is 52.3 Å². The minimum Gasteiger partial charge on any atom is -0.483 e. The fourth-order valence-corrected chi connectivity index (χ4v) is 8.32. The van der Waals surface area contributed by atoms with Crippen LogP contribution in [0.3, 0.4) is 0 Å². The highest BCUT2D eigenvalue weighted by atomic mass is 16.6. The van der Waals surface area contributed by atoms with Gasteiger partial charge in [-0.25, -0.2) is 29.5 Å². The number of methoxy groups -OCH3 is 1. The van der Waals surface area contributed by atoms with Crippen molar-refractivity contribution in [2.75, 3.05) is 20.7 Å². The van der Waals surface area contributed by atoms with Crippen LogP contribution in [0, 0.1) is 0 Å². The van der Waals surface area contributed by atoms with E-state index in [0.717, 1.165) is 11.1 Å². The zero-order valence-electron chi connectivity index (χ0n) is 35.8. The summed E-state index contributed by atoms with van der Waals surface area (Å²) in [5.41, 5.74) is -3.04. The summed E-state index contributed by atoms with van der Waals surface area (Å²) in [5.74, 6) is 0.364. The van der Waals surface area contributed by atoms with Gasteiger partial charge in [0.2, 0.25) is 5.96 Å². The Bertz CT molecular complexity index is 1790. The molecule has 2 fully saturated rings. The number of carbonyl (C=O) groups excluding carboxylic acids is 4. The summed E-state index contributed by atoms with van der Waals surface area (Å²) in [7, 11) is 3.81. The van der Waals surface area contributed by atoms with Crippen molar-refractivity contribution in [1.29, 1.82) is 0 Å². The molecule has 4 aliphatic rings. The number of rotatable bonds is 3. The number of alkyl carbamates (subject to hydrolysis) is 3. The molecule has 5 rings (SSSR count). The number of amides is 4. The molecule has 2 bridgehead atoms. The van der Waals surface area contributed by atoms with Crippen LogP contribution < -0.4 is 25.4 Å². The van der Waals surface area contributed by atoms with E-state index in [2.05, 4.69) is 32.9 Å². The van der Waals surface area contributed by atoms with Crippen LogP contribution in [0.1, 0.15) is 113 Å². The van der Waals surface area contributed by atoms with Crippen LogP contribution in [-0.2, 0) is 35.5 Å². The lowest BCUT2D eigenvalue weighted by molar-refractivity contribution is -0.201. The minimum absolute atomic E-state index is 0.0186. The molecule has 1 aromatic rings. The number of hydrogen-bond acceptors (Lipinski definition) is 13. The first-order valence-corrected chi connectivity index (χ1v) is 19.3. The predicted molar refractivity (Wildman–Crippen MR) is 210 cm³/mol. The maximum Gasteiger partial charge on any atom is 0.438 e. The molecule has 1 saturated heterocycles. The fourth-order valence-electron chi connectivity index (χ4n) is 8.32. The summed E-state index contributed by atoms with van der Waals surface area (Å²) in [4.78, 5) is 63.3. The van der Waals surface area contributed by atoms with Gasteiger partial charge < -0.3 is 38.1 Å². The number of amidine groups is 1. The summed E-state index contributed by atoms with van der Waals surface area (Å²) < 4.78 is 41.8. The molecule has 57 heavy (non-hydrogen) atoms. The van der Waals surface area contributed by atoms with Crippen molar-refractivity contribution in [3.63, 3.8) is 0 Å². The Balaban J connectivity index is 1.62.